The monoisotopic (exact) mass is 203 g/mol. The Bertz CT molecular complexity index is 175. The van der Waals surface area contributed by atoms with E-state index in [9.17, 15) is 9.59 Å². The zero-order chi connectivity index (χ0) is 11.0. The highest BCUT2D eigenvalue weighted by atomic mass is 16.6. The van der Waals surface area contributed by atoms with Gasteiger partial charge in [0.1, 0.15) is 0 Å². The fourth-order valence-electron chi connectivity index (χ4n) is 0.953. The van der Waals surface area contributed by atoms with Gasteiger partial charge in [0.15, 0.2) is 5.92 Å². The van der Waals surface area contributed by atoms with Gasteiger partial charge in [-0.1, -0.05) is 0 Å². The van der Waals surface area contributed by atoms with Crippen LogP contribution in [0.1, 0.15) is 13.8 Å². The molecule has 0 amide bonds. The van der Waals surface area contributed by atoms with Crippen LogP contribution >= 0.6 is 0 Å². The molecule has 0 spiro atoms. The third-order valence-electron chi connectivity index (χ3n) is 1.55. The molecule has 0 atom stereocenters. The maximum atomic E-state index is 11.3. The Labute approximate surface area is 83.8 Å². The first-order valence-electron chi connectivity index (χ1n) is 4.65. The Morgan fingerprint density at radius 1 is 1.14 bits per heavy atom. The molecule has 0 radical (unpaired) electrons. The number of nitrogens with one attached hydrogen (secondary N) is 1. The molecule has 0 saturated heterocycles. The van der Waals surface area contributed by atoms with E-state index in [1.165, 1.54) is 0 Å². The van der Waals surface area contributed by atoms with Crippen LogP contribution in [-0.2, 0) is 19.1 Å². The highest BCUT2D eigenvalue weighted by Gasteiger charge is 2.28. The predicted octanol–water partition coefficient (Wildman–Crippen LogP) is -0.0518. The molecule has 0 aliphatic rings. The van der Waals surface area contributed by atoms with Crippen molar-refractivity contribution in [3.05, 3.63) is 0 Å². The fraction of sp³-hybridized carbons (Fsp3) is 0.778. The van der Waals surface area contributed by atoms with Crippen LogP contribution in [0.3, 0.4) is 0 Å². The number of hydrogen-bond acceptors (Lipinski definition) is 5. The lowest BCUT2D eigenvalue weighted by Gasteiger charge is -2.13. The second-order valence-corrected chi connectivity index (χ2v) is 2.61. The lowest BCUT2D eigenvalue weighted by atomic mass is 10.1. The average Bonchev–Trinajstić information content (AvgIpc) is 2.14. The molecule has 82 valence electrons. The number of hydrogen-bond donors (Lipinski definition) is 1. The minimum Gasteiger partial charge on any atom is -0.465 e. The van der Waals surface area contributed by atoms with Gasteiger partial charge in [-0.2, -0.15) is 0 Å². The van der Waals surface area contributed by atoms with Gasteiger partial charge in [-0.25, -0.2) is 0 Å². The Balaban J connectivity index is 4.25. The summed E-state index contributed by atoms with van der Waals surface area (Å²) >= 11 is 0. The molecule has 0 fully saturated rings. The van der Waals surface area contributed by atoms with Gasteiger partial charge < -0.3 is 14.8 Å². The predicted molar refractivity (Wildman–Crippen MR) is 50.7 cm³/mol. The van der Waals surface area contributed by atoms with Gasteiger partial charge in [0.2, 0.25) is 0 Å². The van der Waals surface area contributed by atoms with Gasteiger partial charge in [-0.05, 0) is 20.9 Å². The standard InChI is InChI=1S/C9H17NO4/c1-4-13-8(11)7(6-10-3)9(12)14-5-2/h7,10H,4-6H2,1-3H3. The van der Waals surface area contributed by atoms with Crippen molar-refractivity contribution in [2.24, 2.45) is 5.92 Å². The second-order valence-electron chi connectivity index (χ2n) is 2.61. The SMILES string of the molecule is CCOC(=O)C(CNC)C(=O)OCC. The van der Waals surface area contributed by atoms with E-state index < -0.39 is 17.9 Å². The Morgan fingerprint density at radius 3 is 1.86 bits per heavy atom. The maximum Gasteiger partial charge on any atom is 0.321 e. The first-order valence-corrected chi connectivity index (χ1v) is 4.65. The molecular weight excluding hydrogens is 186 g/mol. The Hall–Kier alpha value is -1.10. The van der Waals surface area contributed by atoms with Crippen LogP contribution in [0.4, 0.5) is 0 Å². The quantitative estimate of drug-likeness (QED) is 0.484. The van der Waals surface area contributed by atoms with Gasteiger partial charge in [0.25, 0.3) is 0 Å². The molecule has 0 heterocycles. The second kappa shape index (κ2) is 7.32. The zero-order valence-corrected chi connectivity index (χ0v) is 8.83. The van der Waals surface area contributed by atoms with E-state index in [1.54, 1.807) is 20.9 Å². The molecule has 0 rings (SSSR count). The highest BCUT2D eigenvalue weighted by Crippen LogP contribution is 2.02. The molecule has 0 aromatic rings. The third-order valence-corrected chi connectivity index (χ3v) is 1.55. The van der Waals surface area contributed by atoms with E-state index in [1.807, 2.05) is 0 Å². The molecule has 14 heavy (non-hydrogen) atoms. The first-order chi connectivity index (χ1) is 6.67. The van der Waals surface area contributed by atoms with E-state index in [4.69, 9.17) is 9.47 Å². The van der Waals surface area contributed by atoms with E-state index in [2.05, 4.69) is 5.32 Å². The topological polar surface area (TPSA) is 64.6 Å². The summed E-state index contributed by atoms with van der Waals surface area (Å²) in [6.45, 7) is 4.15. The zero-order valence-electron chi connectivity index (χ0n) is 8.83. The van der Waals surface area contributed by atoms with Crippen LogP contribution in [0.15, 0.2) is 0 Å². The Kier molecular flexibility index (Phi) is 6.74. The molecular formula is C9H17NO4. The highest BCUT2D eigenvalue weighted by molar-refractivity contribution is 5.95. The molecule has 5 heteroatoms. The number of ether oxygens (including phenoxy) is 2. The van der Waals surface area contributed by atoms with Crippen molar-refractivity contribution in [1.82, 2.24) is 5.32 Å². The number of rotatable bonds is 6. The van der Waals surface area contributed by atoms with E-state index >= 15 is 0 Å². The summed E-state index contributed by atoms with van der Waals surface area (Å²) in [6.07, 6.45) is 0. The molecule has 5 nitrogen and oxygen atoms in total. The van der Waals surface area contributed by atoms with Crippen molar-refractivity contribution in [2.75, 3.05) is 26.8 Å². The van der Waals surface area contributed by atoms with Crippen LogP contribution in [-0.4, -0.2) is 38.7 Å². The first kappa shape index (κ1) is 12.9. The van der Waals surface area contributed by atoms with Crippen molar-refractivity contribution in [3.63, 3.8) is 0 Å². The van der Waals surface area contributed by atoms with Crippen molar-refractivity contribution in [2.45, 2.75) is 13.8 Å². The molecule has 0 unspecified atom stereocenters. The summed E-state index contributed by atoms with van der Waals surface area (Å²) in [5.41, 5.74) is 0. The largest absolute Gasteiger partial charge is 0.465 e. The maximum absolute atomic E-state index is 11.3. The number of carbonyl (C=O) groups is 2. The molecule has 0 saturated carbocycles. The average molecular weight is 203 g/mol. The minimum atomic E-state index is -0.861. The third kappa shape index (κ3) is 4.23. The minimum absolute atomic E-state index is 0.234. The number of carbonyl (C=O) groups excluding carboxylic acids is 2. The molecule has 0 aliphatic heterocycles. The molecule has 1 N–H and O–H groups in total. The van der Waals surface area contributed by atoms with Gasteiger partial charge in [0, 0.05) is 6.54 Å². The summed E-state index contributed by atoms with van der Waals surface area (Å²) in [6, 6.07) is 0. The molecule has 0 aromatic heterocycles. The van der Waals surface area contributed by atoms with Crippen molar-refractivity contribution in [1.29, 1.82) is 0 Å². The lowest BCUT2D eigenvalue weighted by Crippen LogP contribution is -2.35. The van der Waals surface area contributed by atoms with Crippen molar-refractivity contribution >= 4 is 11.9 Å². The normalized spacial score (nSPS) is 10.0. The summed E-state index contributed by atoms with van der Waals surface area (Å²) in [7, 11) is 1.66. The van der Waals surface area contributed by atoms with Crippen molar-refractivity contribution < 1.29 is 19.1 Å². The smallest absolute Gasteiger partial charge is 0.321 e. The molecule has 0 bridgehead atoms. The lowest BCUT2D eigenvalue weighted by molar-refractivity contribution is -0.161. The van der Waals surface area contributed by atoms with Gasteiger partial charge in [0.05, 0.1) is 13.2 Å². The fourth-order valence-corrected chi connectivity index (χ4v) is 0.953. The summed E-state index contributed by atoms with van der Waals surface area (Å²) < 4.78 is 9.49. The van der Waals surface area contributed by atoms with Crippen molar-refractivity contribution in [3.8, 4) is 0 Å². The van der Waals surface area contributed by atoms with E-state index in [-0.39, 0.29) is 19.8 Å². The van der Waals surface area contributed by atoms with Gasteiger partial charge >= 0.3 is 11.9 Å². The van der Waals surface area contributed by atoms with Crippen LogP contribution in [0, 0.1) is 5.92 Å². The summed E-state index contributed by atoms with van der Waals surface area (Å²) in [5.74, 6) is -1.94. The molecule has 0 aromatic carbocycles. The van der Waals surface area contributed by atoms with E-state index in [0.717, 1.165) is 0 Å². The van der Waals surface area contributed by atoms with Crippen LogP contribution in [0.5, 0.6) is 0 Å². The summed E-state index contributed by atoms with van der Waals surface area (Å²) in [4.78, 5) is 22.6. The van der Waals surface area contributed by atoms with Gasteiger partial charge in [-0.15, -0.1) is 0 Å². The van der Waals surface area contributed by atoms with Gasteiger partial charge in [-0.3, -0.25) is 9.59 Å². The van der Waals surface area contributed by atoms with Crippen LogP contribution < -0.4 is 5.32 Å². The van der Waals surface area contributed by atoms with Crippen LogP contribution in [0.2, 0.25) is 0 Å². The molecule has 0 aliphatic carbocycles. The van der Waals surface area contributed by atoms with Crippen LogP contribution in [0.25, 0.3) is 0 Å². The summed E-state index contributed by atoms with van der Waals surface area (Å²) in [5, 5.41) is 2.74. The number of esters is 2. The van der Waals surface area contributed by atoms with E-state index in [0.29, 0.717) is 0 Å². The Morgan fingerprint density at radius 2 is 1.57 bits per heavy atom.